The highest BCUT2D eigenvalue weighted by Gasteiger charge is 2.30. The number of aryl methyl sites for hydroxylation is 1. The topological polar surface area (TPSA) is 99.1 Å². The third-order valence-electron chi connectivity index (χ3n) is 5.10. The summed E-state index contributed by atoms with van der Waals surface area (Å²) in [6.07, 6.45) is 2.98. The molecule has 28 heavy (non-hydrogen) atoms. The van der Waals surface area contributed by atoms with Gasteiger partial charge in [0.1, 0.15) is 0 Å². The van der Waals surface area contributed by atoms with Crippen molar-refractivity contribution < 1.29 is 13.2 Å². The summed E-state index contributed by atoms with van der Waals surface area (Å²) in [6, 6.07) is 9.38. The van der Waals surface area contributed by atoms with E-state index in [9.17, 15) is 13.2 Å². The number of fused-ring (bicyclic) bond motifs is 1. The molecule has 1 atom stereocenters. The molecule has 148 valence electrons. The van der Waals surface area contributed by atoms with Gasteiger partial charge in [-0.15, -0.1) is 16.2 Å². The number of carbonyl (C=O) groups excluding carboxylic acids is 1. The van der Waals surface area contributed by atoms with Crippen LogP contribution in [0, 0.1) is 22.7 Å². The largest absolute Gasteiger partial charge is 0.276 e. The SMILES string of the molecule is CC(C)(C)[C@@H]1CCc2sc(C(=O)NNS(=O)(=O)c3cccc(C#N)c3)cc2C1. The molecule has 1 amide bonds. The number of amides is 1. The van der Waals surface area contributed by atoms with Gasteiger partial charge in [0.25, 0.3) is 15.9 Å². The summed E-state index contributed by atoms with van der Waals surface area (Å²) in [4.78, 5) is 16.2. The van der Waals surface area contributed by atoms with Crippen molar-refractivity contribution in [1.29, 1.82) is 5.26 Å². The van der Waals surface area contributed by atoms with Crippen LogP contribution >= 0.6 is 11.3 Å². The Labute approximate surface area is 169 Å². The Bertz CT molecular complexity index is 1040. The lowest BCUT2D eigenvalue weighted by molar-refractivity contribution is 0.0949. The van der Waals surface area contributed by atoms with Gasteiger partial charge in [-0.05, 0) is 60.4 Å². The molecule has 6 nitrogen and oxygen atoms in total. The number of benzene rings is 1. The lowest BCUT2D eigenvalue weighted by Crippen LogP contribution is -2.41. The van der Waals surface area contributed by atoms with Gasteiger partial charge in [0.15, 0.2) is 0 Å². The van der Waals surface area contributed by atoms with Crippen LogP contribution in [0.25, 0.3) is 0 Å². The number of hydrogen-bond acceptors (Lipinski definition) is 5. The van der Waals surface area contributed by atoms with Gasteiger partial charge in [0.2, 0.25) is 0 Å². The molecule has 2 aromatic rings. The van der Waals surface area contributed by atoms with Gasteiger partial charge >= 0.3 is 0 Å². The van der Waals surface area contributed by atoms with Gasteiger partial charge < -0.3 is 0 Å². The van der Waals surface area contributed by atoms with E-state index < -0.39 is 15.9 Å². The summed E-state index contributed by atoms with van der Waals surface area (Å²) < 4.78 is 24.7. The molecular weight excluding hydrogens is 394 g/mol. The van der Waals surface area contributed by atoms with Gasteiger partial charge in [-0.3, -0.25) is 10.2 Å². The molecular formula is C20H23N3O3S2. The number of nitriles is 1. The van der Waals surface area contributed by atoms with E-state index in [0.29, 0.717) is 10.8 Å². The molecule has 1 aliphatic rings. The first kappa shape index (κ1) is 20.5. The molecule has 0 bridgehead atoms. The maximum Gasteiger partial charge on any atom is 0.276 e. The Balaban J connectivity index is 1.69. The van der Waals surface area contributed by atoms with E-state index in [-0.39, 0.29) is 15.9 Å². The van der Waals surface area contributed by atoms with Crippen molar-refractivity contribution in [2.75, 3.05) is 0 Å². The highest BCUT2D eigenvalue weighted by Crippen LogP contribution is 2.40. The molecule has 1 aliphatic carbocycles. The summed E-state index contributed by atoms with van der Waals surface area (Å²) >= 11 is 1.42. The number of hydrogen-bond donors (Lipinski definition) is 2. The van der Waals surface area contributed by atoms with Gasteiger partial charge in [0, 0.05) is 4.88 Å². The minimum atomic E-state index is -3.95. The van der Waals surface area contributed by atoms with Gasteiger partial charge in [-0.1, -0.05) is 26.8 Å². The maximum atomic E-state index is 12.5. The second-order valence-electron chi connectivity index (χ2n) is 8.06. The van der Waals surface area contributed by atoms with E-state index in [0.717, 1.165) is 19.3 Å². The summed E-state index contributed by atoms with van der Waals surface area (Å²) in [5, 5.41) is 8.91. The monoisotopic (exact) mass is 417 g/mol. The Morgan fingerprint density at radius 2 is 2.04 bits per heavy atom. The van der Waals surface area contributed by atoms with E-state index in [2.05, 4.69) is 31.0 Å². The number of rotatable bonds is 4. The number of nitrogens with zero attached hydrogens (tertiary/aromatic N) is 1. The molecule has 0 fully saturated rings. The fourth-order valence-corrected chi connectivity index (χ4v) is 5.33. The lowest BCUT2D eigenvalue weighted by Gasteiger charge is -2.33. The van der Waals surface area contributed by atoms with E-state index in [1.54, 1.807) is 0 Å². The fraction of sp³-hybridized carbons (Fsp3) is 0.400. The van der Waals surface area contributed by atoms with Crippen molar-refractivity contribution >= 4 is 27.3 Å². The van der Waals surface area contributed by atoms with Gasteiger partial charge in [-0.2, -0.15) is 5.26 Å². The van der Waals surface area contributed by atoms with Crippen molar-refractivity contribution in [3.8, 4) is 6.07 Å². The van der Waals surface area contributed by atoms with Crippen LogP contribution in [0.4, 0.5) is 0 Å². The molecule has 0 radical (unpaired) electrons. The molecule has 0 spiro atoms. The van der Waals surface area contributed by atoms with Crippen LogP contribution in [0.1, 0.15) is 52.9 Å². The van der Waals surface area contributed by atoms with E-state index in [1.807, 2.05) is 12.1 Å². The molecule has 2 N–H and O–H groups in total. The molecule has 1 heterocycles. The zero-order valence-electron chi connectivity index (χ0n) is 16.1. The zero-order chi connectivity index (χ0) is 20.5. The van der Waals surface area contributed by atoms with Gasteiger partial charge in [0.05, 0.1) is 21.4 Å². The standard InChI is InChI=1S/C20H23N3O3S2/c1-20(2,3)15-7-8-17-14(10-15)11-18(27-17)19(24)22-23-28(25,26)16-6-4-5-13(9-16)12-21/h4-6,9,11,15,23H,7-8,10H2,1-3H3,(H,22,24)/t15-/m1/s1. The van der Waals surface area contributed by atoms with Crippen molar-refractivity contribution in [1.82, 2.24) is 10.3 Å². The molecule has 1 aromatic carbocycles. The average molecular weight is 418 g/mol. The Morgan fingerprint density at radius 1 is 1.29 bits per heavy atom. The Hall–Kier alpha value is -2.21. The second kappa shape index (κ2) is 7.66. The number of hydrazine groups is 1. The normalized spacial score (nSPS) is 16.9. The number of nitrogens with one attached hydrogen (secondary N) is 2. The van der Waals surface area contributed by atoms with E-state index >= 15 is 0 Å². The summed E-state index contributed by atoms with van der Waals surface area (Å²) in [7, 11) is -3.95. The maximum absolute atomic E-state index is 12.5. The van der Waals surface area contributed by atoms with Crippen LogP contribution in [0.3, 0.4) is 0 Å². The first-order valence-corrected chi connectivity index (χ1v) is 11.3. The zero-order valence-corrected chi connectivity index (χ0v) is 17.7. The van der Waals surface area contributed by atoms with Crippen LogP contribution in [0.5, 0.6) is 0 Å². The van der Waals surface area contributed by atoms with Crippen molar-refractivity contribution in [3.63, 3.8) is 0 Å². The number of carbonyl (C=O) groups is 1. The third kappa shape index (κ3) is 4.43. The number of thiophene rings is 1. The van der Waals surface area contributed by atoms with E-state index in [4.69, 9.17) is 5.26 Å². The van der Waals surface area contributed by atoms with Crippen molar-refractivity contribution in [2.45, 2.75) is 44.9 Å². The average Bonchev–Trinajstić information content (AvgIpc) is 3.09. The summed E-state index contributed by atoms with van der Waals surface area (Å²) in [5.74, 6) is 0.0862. The van der Waals surface area contributed by atoms with Crippen molar-refractivity contribution in [2.24, 2.45) is 11.3 Å². The second-order valence-corrected chi connectivity index (χ2v) is 10.9. The smallest absolute Gasteiger partial charge is 0.273 e. The molecule has 0 aliphatic heterocycles. The summed E-state index contributed by atoms with van der Waals surface area (Å²) in [5.41, 5.74) is 3.91. The molecule has 3 rings (SSSR count). The minimum absolute atomic E-state index is 0.0784. The molecule has 0 unspecified atom stereocenters. The van der Waals surface area contributed by atoms with Crippen LogP contribution in [-0.2, 0) is 22.9 Å². The van der Waals surface area contributed by atoms with Crippen LogP contribution in [0.15, 0.2) is 35.2 Å². The third-order valence-corrected chi connectivity index (χ3v) is 7.58. The predicted molar refractivity (Wildman–Crippen MR) is 108 cm³/mol. The molecule has 1 aromatic heterocycles. The van der Waals surface area contributed by atoms with Crippen molar-refractivity contribution in [3.05, 3.63) is 51.2 Å². The Kier molecular flexibility index (Phi) is 5.62. The minimum Gasteiger partial charge on any atom is -0.273 e. The highest BCUT2D eigenvalue weighted by molar-refractivity contribution is 7.89. The van der Waals surface area contributed by atoms with Gasteiger partial charge in [-0.25, -0.2) is 8.42 Å². The highest BCUT2D eigenvalue weighted by atomic mass is 32.2. The fourth-order valence-electron chi connectivity index (χ4n) is 3.34. The van der Waals surface area contributed by atoms with Crippen LogP contribution < -0.4 is 10.3 Å². The van der Waals surface area contributed by atoms with Crippen LogP contribution in [0.2, 0.25) is 0 Å². The predicted octanol–water partition coefficient (Wildman–Crippen LogP) is 3.39. The first-order valence-electron chi connectivity index (χ1n) is 9.04. The first-order chi connectivity index (χ1) is 13.1. The van der Waals surface area contributed by atoms with Crippen LogP contribution in [-0.4, -0.2) is 14.3 Å². The molecule has 0 saturated carbocycles. The molecule has 8 heteroatoms. The lowest BCUT2D eigenvalue weighted by atomic mass is 9.72. The quantitative estimate of drug-likeness (QED) is 0.745. The Morgan fingerprint density at radius 3 is 2.71 bits per heavy atom. The summed E-state index contributed by atoms with van der Waals surface area (Å²) in [6.45, 7) is 6.70. The van der Waals surface area contributed by atoms with E-state index in [1.165, 1.54) is 46.0 Å². The molecule has 0 saturated heterocycles. The number of sulfonamides is 1.